The second-order valence-corrected chi connectivity index (χ2v) is 5.71. The van der Waals surface area contributed by atoms with Gasteiger partial charge in [0.1, 0.15) is 11.6 Å². The Morgan fingerprint density at radius 1 is 1.08 bits per heavy atom. The third-order valence-corrected chi connectivity index (χ3v) is 3.87. The van der Waals surface area contributed by atoms with Crippen molar-refractivity contribution in [1.82, 2.24) is 0 Å². The largest absolute Gasteiger partial charge is 0.484 e. The number of para-hydroxylation sites is 1. The number of thioether (sulfide) groups is 1. The fourth-order valence-corrected chi connectivity index (χ4v) is 2.49. The van der Waals surface area contributed by atoms with Gasteiger partial charge in [0.2, 0.25) is 0 Å². The van der Waals surface area contributed by atoms with Crippen molar-refractivity contribution in [2.75, 3.05) is 17.7 Å². The van der Waals surface area contributed by atoms with Gasteiger partial charge in [-0.05, 0) is 36.4 Å². The molecule has 8 heteroatoms. The Balaban J connectivity index is 1.92. The van der Waals surface area contributed by atoms with E-state index in [2.05, 4.69) is 5.32 Å². The second kappa shape index (κ2) is 8.05. The van der Waals surface area contributed by atoms with Gasteiger partial charge in [-0.1, -0.05) is 12.1 Å². The summed E-state index contributed by atoms with van der Waals surface area (Å²) in [5, 5.41) is 2.50. The quantitative estimate of drug-likeness (QED) is 0.610. The minimum Gasteiger partial charge on any atom is -0.484 e. The summed E-state index contributed by atoms with van der Waals surface area (Å²) in [5.74, 6) is -1.69. The van der Waals surface area contributed by atoms with Crippen LogP contribution >= 0.6 is 11.8 Å². The number of nitrogens with one attached hydrogen (secondary N) is 1. The molecule has 0 spiro atoms. The summed E-state index contributed by atoms with van der Waals surface area (Å²) in [4.78, 5) is 12.2. The smallest absolute Gasteiger partial charge is 0.398 e. The molecule has 128 valence electrons. The Morgan fingerprint density at radius 2 is 1.75 bits per heavy atom. The lowest BCUT2D eigenvalue weighted by Gasteiger charge is -2.12. The molecule has 0 saturated heterocycles. The number of hydrogen-bond donors (Lipinski definition) is 1. The van der Waals surface area contributed by atoms with E-state index in [9.17, 15) is 22.4 Å². The topological polar surface area (TPSA) is 38.3 Å². The van der Waals surface area contributed by atoms with Gasteiger partial charge in [-0.3, -0.25) is 4.79 Å². The van der Waals surface area contributed by atoms with Crippen molar-refractivity contribution in [2.45, 2.75) is 11.1 Å². The molecule has 1 N–H and O–H groups in total. The number of hydrogen-bond acceptors (Lipinski definition) is 3. The number of carbonyl (C=O) groups is 1. The molecule has 0 aliphatic rings. The molecule has 2 aromatic carbocycles. The standard InChI is InChI=1S/C16H13F4NO2S/c17-11-5-7-12(8-6-11)23-9-15(22)21-13-3-1-2-4-14(13)24-10-16(18,19)20/h1-8H,9-10H2,(H,21,22). The summed E-state index contributed by atoms with van der Waals surface area (Å²) in [5.41, 5.74) is 0.277. The van der Waals surface area contributed by atoms with E-state index in [1.54, 1.807) is 12.1 Å². The minimum absolute atomic E-state index is 0.277. The van der Waals surface area contributed by atoms with Crippen LogP contribution in [0.4, 0.5) is 23.2 Å². The van der Waals surface area contributed by atoms with Crippen LogP contribution in [-0.4, -0.2) is 24.4 Å². The summed E-state index contributed by atoms with van der Waals surface area (Å²) in [6.07, 6.45) is -4.30. The number of amides is 1. The lowest BCUT2D eigenvalue weighted by atomic mass is 10.3. The van der Waals surface area contributed by atoms with E-state index in [4.69, 9.17) is 4.74 Å². The van der Waals surface area contributed by atoms with Gasteiger partial charge in [0, 0.05) is 4.90 Å². The predicted molar refractivity (Wildman–Crippen MR) is 83.7 cm³/mol. The number of ether oxygens (including phenoxy) is 1. The third-order valence-electron chi connectivity index (χ3n) is 2.74. The van der Waals surface area contributed by atoms with Crippen molar-refractivity contribution < 1.29 is 27.1 Å². The van der Waals surface area contributed by atoms with Crippen molar-refractivity contribution in [3.63, 3.8) is 0 Å². The van der Waals surface area contributed by atoms with Gasteiger partial charge in [-0.25, -0.2) is 4.39 Å². The molecule has 1 amide bonds. The third kappa shape index (κ3) is 6.11. The molecule has 0 heterocycles. The molecule has 24 heavy (non-hydrogen) atoms. The molecule has 0 unspecified atom stereocenters. The summed E-state index contributed by atoms with van der Waals surface area (Å²) >= 11 is 0.590. The van der Waals surface area contributed by atoms with Crippen LogP contribution in [0.25, 0.3) is 0 Å². The highest BCUT2D eigenvalue weighted by Crippen LogP contribution is 2.32. The summed E-state index contributed by atoms with van der Waals surface area (Å²) in [7, 11) is 0. The molecule has 3 nitrogen and oxygen atoms in total. The number of benzene rings is 2. The molecule has 0 fully saturated rings. The Hall–Kier alpha value is -2.22. The van der Waals surface area contributed by atoms with E-state index in [1.165, 1.54) is 36.4 Å². The lowest BCUT2D eigenvalue weighted by Crippen LogP contribution is -2.20. The van der Waals surface area contributed by atoms with Crippen LogP contribution in [-0.2, 0) is 4.79 Å². The predicted octanol–water partition coefficient (Wildman–Crippen LogP) is 4.50. The fourth-order valence-electron chi connectivity index (χ4n) is 1.72. The number of rotatable bonds is 6. The van der Waals surface area contributed by atoms with Gasteiger partial charge in [0.05, 0.1) is 11.4 Å². The first-order valence-electron chi connectivity index (χ1n) is 6.80. The zero-order chi connectivity index (χ0) is 17.6. The molecule has 0 aliphatic heterocycles. The average Bonchev–Trinajstić information content (AvgIpc) is 2.53. The van der Waals surface area contributed by atoms with Crippen molar-refractivity contribution in [1.29, 1.82) is 0 Å². The Labute approximate surface area is 140 Å². The van der Waals surface area contributed by atoms with Gasteiger partial charge in [-0.2, -0.15) is 13.2 Å². The van der Waals surface area contributed by atoms with E-state index < -0.39 is 23.7 Å². The van der Waals surface area contributed by atoms with Crippen molar-refractivity contribution in [3.8, 4) is 5.75 Å². The zero-order valence-corrected chi connectivity index (χ0v) is 13.1. The molecular weight excluding hydrogens is 346 g/mol. The highest BCUT2D eigenvalue weighted by Gasteiger charge is 2.27. The lowest BCUT2D eigenvalue weighted by molar-refractivity contribution is -0.118. The van der Waals surface area contributed by atoms with Gasteiger partial charge in [-0.15, -0.1) is 11.8 Å². The highest BCUT2D eigenvalue weighted by atomic mass is 32.2. The molecule has 0 radical (unpaired) electrons. The average molecular weight is 359 g/mol. The van der Waals surface area contributed by atoms with E-state index in [-0.39, 0.29) is 12.3 Å². The van der Waals surface area contributed by atoms with Crippen LogP contribution in [0.2, 0.25) is 0 Å². The molecular formula is C16H13F4NO2S. The molecule has 0 saturated carbocycles. The van der Waals surface area contributed by atoms with Crippen LogP contribution in [0.5, 0.6) is 5.75 Å². The Kier molecular flexibility index (Phi) is 6.08. The second-order valence-electron chi connectivity index (χ2n) is 4.69. The maximum Gasteiger partial charge on any atom is 0.398 e. The first-order chi connectivity index (χ1) is 11.3. The molecule has 0 aromatic heterocycles. The zero-order valence-electron chi connectivity index (χ0n) is 12.3. The first-order valence-corrected chi connectivity index (χ1v) is 7.79. The monoisotopic (exact) mass is 359 g/mol. The van der Waals surface area contributed by atoms with Crippen LogP contribution in [0.15, 0.2) is 53.4 Å². The number of alkyl halides is 3. The highest BCUT2D eigenvalue weighted by molar-refractivity contribution is 7.99. The molecule has 2 rings (SSSR count). The van der Waals surface area contributed by atoms with E-state index in [0.29, 0.717) is 22.4 Å². The number of carbonyl (C=O) groups excluding carboxylic acids is 1. The van der Waals surface area contributed by atoms with Gasteiger partial charge >= 0.3 is 6.18 Å². The summed E-state index contributed by atoms with van der Waals surface area (Å²) in [6, 6.07) is 11.3. The van der Waals surface area contributed by atoms with Crippen LogP contribution in [0.1, 0.15) is 0 Å². The molecule has 0 bridgehead atoms. The van der Waals surface area contributed by atoms with Crippen LogP contribution < -0.4 is 10.1 Å². The van der Waals surface area contributed by atoms with Gasteiger partial charge in [0.15, 0.2) is 6.61 Å². The first kappa shape index (κ1) is 18.1. The van der Waals surface area contributed by atoms with E-state index in [0.717, 1.165) is 0 Å². The minimum atomic E-state index is -4.30. The van der Waals surface area contributed by atoms with E-state index >= 15 is 0 Å². The van der Waals surface area contributed by atoms with E-state index in [1.807, 2.05) is 0 Å². The Bertz CT molecular complexity index is 689. The van der Waals surface area contributed by atoms with Crippen LogP contribution in [0, 0.1) is 5.82 Å². The van der Waals surface area contributed by atoms with Crippen molar-refractivity contribution in [3.05, 3.63) is 54.3 Å². The van der Waals surface area contributed by atoms with Crippen molar-refractivity contribution in [2.24, 2.45) is 0 Å². The maximum atomic E-state index is 12.8. The molecule has 2 aromatic rings. The van der Waals surface area contributed by atoms with Crippen LogP contribution in [0.3, 0.4) is 0 Å². The van der Waals surface area contributed by atoms with Gasteiger partial charge in [0.25, 0.3) is 5.91 Å². The Morgan fingerprint density at radius 3 is 2.42 bits per heavy atom. The molecule has 0 atom stereocenters. The number of anilines is 1. The van der Waals surface area contributed by atoms with Gasteiger partial charge < -0.3 is 10.1 Å². The molecule has 0 aliphatic carbocycles. The maximum absolute atomic E-state index is 12.8. The van der Waals surface area contributed by atoms with Crippen molar-refractivity contribution >= 4 is 23.4 Å². The SMILES string of the molecule is O=C(COc1ccc(F)cc1)Nc1ccccc1SCC(F)(F)F. The summed E-state index contributed by atoms with van der Waals surface area (Å²) in [6.45, 7) is -0.343. The normalized spacial score (nSPS) is 11.2. The summed E-state index contributed by atoms with van der Waals surface area (Å²) < 4.78 is 54.9. The fraction of sp³-hybridized carbons (Fsp3) is 0.188. The number of halogens is 4.